The lowest BCUT2D eigenvalue weighted by Crippen LogP contribution is -2.37. The molecule has 0 aliphatic carbocycles. The topological polar surface area (TPSA) is 78.1 Å². The van der Waals surface area contributed by atoms with E-state index in [4.69, 9.17) is 0 Å². The van der Waals surface area contributed by atoms with Gasteiger partial charge >= 0.3 is 6.18 Å². The first-order valence-corrected chi connectivity index (χ1v) is 12.6. The number of fused-ring (bicyclic) bond motifs is 2. The van der Waals surface area contributed by atoms with Gasteiger partial charge in [-0.05, 0) is 51.9 Å². The van der Waals surface area contributed by atoms with Crippen molar-refractivity contribution in [2.24, 2.45) is 0 Å². The lowest BCUT2D eigenvalue weighted by atomic mass is 9.99. The number of nitrogens with one attached hydrogen (secondary N) is 2. The van der Waals surface area contributed by atoms with Crippen LogP contribution in [0.4, 0.5) is 18.3 Å². The molecule has 0 saturated heterocycles. The lowest BCUT2D eigenvalue weighted by Gasteiger charge is -2.27. The molecule has 3 aromatic carbocycles. The van der Waals surface area contributed by atoms with Crippen molar-refractivity contribution in [1.82, 2.24) is 14.9 Å². The molecule has 2 amide bonds. The number of carbonyl (C=O) groups is 2. The van der Waals surface area contributed by atoms with Crippen LogP contribution in [-0.4, -0.2) is 26.7 Å². The van der Waals surface area contributed by atoms with Gasteiger partial charge in [-0.3, -0.25) is 14.9 Å². The van der Waals surface area contributed by atoms with Crippen LogP contribution in [0.5, 0.6) is 0 Å². The minimum Gasteiger partial charge on any atom is -0.361 e. The van der Waals surface area contributed by atoms with Crippen LogP contribution in [0.1, 0.15) is 33.2 Å². The molecule has 38 heavy (non-hydrogen) atoms. The Bertz CT molecular complexity index is 1680. The Labute approximate surface area is 218 Å². The summed E-state index contributed by atoms with van der Waals surface area (Å²) >= 11 is 0.680. The number of nitrogens with zero attached hydrogens (tertiary/aromatic N) is 2. The maximum absolute atomic E-state index is 13.6. The van der Waals surface area contributed by atoms with Crippen LogP contribution in [0.25, 0.3) is 22.0 Å². The van der Waals surface area contributed by atoms with E-state index in [1.54, 1.807) is 30.3 Å². The van der Waals surface area contributed by atoms with Crippen LogP contribution in [0.2, 0.25) is 0 Å². The van der Waals surface area contributed by atoms with Crippen molar-refractivity contribution in [2.75, 3.05) is 5.32 Å². The molecule has 3 heterocycles. The first kappa shape index (κ1) is 23.9. The summed E-state index contributed by atoms with van der Waals surface area (Å²) < 4.78 is 39.0. The molecule has 0 radical (unpaired) electrons. The van der Waals surface area contributed by atoms with Crippen molar-refractivity contribution in [3.8, 4) is 11.1 Å². The van der Waals surface area contributed by atoms with Crippen molar-refractivity contribution < 1.29 is 22.8 Å². The number of carbonyl (C=O) groups excluding carboxylic acids is 2. The molecule has 1 aliphatic rings. The van der Waals surface area contributed by atoms with E-state index < -0.39 is 23.8 Å². The average molecular weight is 533 g/mol. The second kappa shape index (κ2) is 9.14. The molecule has 6 nitrogen and oxygen atoms in total. The monoisotopic (exact) mass is 532 g/mol. The van der Waals surface area contributed by atoms with Crippen LogP contribution in [-0.2, 0) is 17.5 Å². The lowest BCUT2D eigenvalue weighted by molar-refractivity contribution is -0.140. The summed E-state index contributed by atoms with van der Waals surface area (Å²) in [5, 5.41) is 4.19. The fraction of sp³-hybridized carbons (Fsp3) is 0.107. The third-order valence-corrected chi connectivity index (χ3v) is 7.29. The Balaban J connectivity index is 1.31. The molecular formula is C28H19F3N4O2S. The molecule has 5 aromatic rings. The predicted octanol–water partition coefficient (Wildman–Crippen LogP) is 6.65. The highest BCUT2D eigenvalue weighted by Crippen LogP contribution is 2.36. The van der Waals surface area contributed by atoms with Crippen molar-refractivity contribution >= 4 is 39.2 Å². The molecular weight excluding hydrogens is 513 g/mol. The molecule has 0 bridgehead atoms. The molecule has 6 rings (SSSR count). The van der Waals surface area contributed by atoms with Gasteiger partial charge in [0.2, 0.25) is 0 Å². The van der Waals surface area contributed by atoms with Crippen molar-refractivity contribution in [3.63, 3.8) is 0 Å². The zero-order chi connectivity index (χ0) is 26.4. The number of thiazole rings is 1. The minimum atomic E-state index is -4.62. The number of alkyl halides is 3. The van der Waals surface area contributed by atoms with E-state index in [0.717, 1.165) is 33.0 Å². The summed E-state index contributed by atoms with van der Waals surface area (Å²) in [7, 11) is 0. The molecule has 0 saturated carbocycles. The average Bonchev–Trinajstić information content (AvgIpc) is 3.64. The van der Waals surface area contributed by atoms with Crippen LogP contribution in [0.3, 0.4) is 0 Å². The summed E-state index contributed by atoms with van der Waals surface area (Å²) in [4.78, 5) is 35.2. The van der Waals surface area contributed by atoms with E-state index in [0.29, 0.717) is 22.5 Å². The largest absolute Gasteiger partial charge is 0.434 e. The first-order valence-electron chi connectivity index (χ1n) is 11.7. The number of halogens is 3. The quantitative estimate of drug-likeness (QED) is 0.266. The Morgan fingerprint density at radius 1 is 1.03 bits per heavy atom. The molecule has 0 fully saturated rings. The fourth-order valence-electron chi connectivity index (χ4n) is 4.69. The zero-order valence-corrected chi connectivity index (χ0v) is 20.4. The van der Waals surface area contributed by atoms with E-state index >= 15 is 0 Å². The third kappa shape index (κ3) is 4.32. The number of amides is 2. The fourth-order valence-corrected chi connectivity index (χ4v) is 5.41. The minimum absolute atomic E-state index is 0.184. The summed E-state index contributed by atoms with van der Waals surface area (Å²) in [6, 6.07) is 21.2. The van der Waals surface area contributed by atoms with Gasteiger partial charge in [0.05, 0.1) is 0 Å². The molecule has 0 spiro atoms. The normalized spacial score (nSPS) is 14.1. The van der Waals surface area contributed by atoms with Gasteiger partial charge < -0.3 is 9.88 Å². The third-order valence-electron chi connectivity index (χ3n) is 6.53. The maximum atomic E-state index is 13.6. The van der Waals surface area contributed by atoms with Gasteiger partial charge in [0, 0.05) is 29.2 Å². The van der Waals surface area contributed by atoms with Gasteiger partial charge in [0.25, 0.3) is 11.8 Å². The van der Waals surface area contributed by atoms with Gasteiger partial charge in [0.1, 0.15) is 6.04 Å². The summed E-state index contributed by atoms with van der Waals surface area (Å²) in [6.07, 6.45) is -2.75. The van der Waals surface area contributed by atoms with Crippen LogP contribution < -0.4 is 5.32 Å². The Kier molecular flexibility index (Phi) is 5.76. The smallest absolute Gasteiger partial charge is 0.361 e. The summed E-state index contributed by atoms with van der Waals surface area (Å²) in [5.74, 6) is -0.970. The highest BCUT2D eigenvalue weighted by molar-refractivity contribution is 7.13. The second-order valence-electron chi connectivity index (χ2n) is 8.92. The zero-order valence-electron chi connectivity index (χ0n) is 19.6. The van der Waals surface area contributed by atoms with E-state index in [1.807, 2.05) is 48.7 Å². The number of aromatic amines is 1. The van der Waals surface area contributed by atoms with E-state index in [-0.39, 0.29) is 17.6 Å². The SMILES string of the molecule is O=C(Nc1nc(C(F)(F)F)cs1)[C@@H](c1ccccc1)N1Cc2ccc(-c3ccc4[nH]ccc4c3)cc2C1=O. The predicted molar refractivity (Wildman–Crippen MR) is 139 cm³/mol. The molecule has 0 unspecified atom stereocenters. The van der Waals surface area contributed by atoms with E-state index in [1.165, 1.54) is 4.90 Å². The molecule has 2 N–H and O–H groups in total. The van der Waals surface area contributed by atoms with Crippen LogP contribution >= 0.6 is 11.3 Å². The van der Waals surface area contributed by atoms with Gasteiger partial charge in [-0.2, -0.15) is 13.2 Å². The highest BCUT2D eigenvalue weighted by Gasteiger charge is 2.39. The van der Waals surface area contributed by atoms with E-state index in [9.17, 15) is 22.8 Å². The molecule has 1 aliphatic heterocycles. The molecule has 2 aromatic heterocycles. The van der Waals surface area contributed by atoms with Crippen molar-refractivity contribution in [3.05, 3.63) is 107 Å². The van der Waals surface area contributed by atoms with Gasteiger partial charge in [-0.15, -0.1) is 11.3 Å². The molecule has 10 heteroatoms. The Morgan fingerprint density at radius 2 is 1.79 bits per heavy atom. The highest BCUT2D eigenvalue weighted by atomic mass is 32.1. The number of hydrogen-bond donors (Lipinski definition) is 2. The van der Waals surface area contributed by atoms with Crippen LogP contribution in [0.15, 0.2) is 84.4 Å². The first-order chi connectivity index (χ1) is 18.3. The number of H-pyrrole nitrogens is 1. The van der Waals surface area contributed by atoms with Crippen molar-refractivity contribution in [2.45, 2.75) is 18.8 Å². The standard InChI is InChI=1S/C28H19F3N4O2S/c29-28(30,31)23-15-38-27(33-23)34-25(36)24(16-4-2-1-3-5-16)35-14-20-7-6-18(13-21(20)26(35)37)17-8-9-22-19(12-17)10-11-32-22/h1-13,15,24,32H,14H2,(H,33,34,36)/t24-/m1/s1. The number of rotatable bonds is 5. The number of aromatic nitrogens is 2. The van der Waals surface area contributed by atoms with Gasteiger partial charge in [0.15, 0.2) is 10.8 Å². The van der Waals surface area contributed by atoms with Gasteiger partial charge in [-0.1, -0.05) is 48.5 Å². The Morgan fingerprint density at radius 3 is 2.55 bits per heavy atom. The number of anilines is 1. The molecule has 1 atom stereocenters. The second-order valence-corrected chi connectivity index (χ2v) is 9.78. The number of hydrogen-bond acceptors (Lipinski definition) is 4. The van der Waals surface area contributed by atoms with Gasteiger partial charge in [-0.25, -0.2) is 4.98 Å². The van der Waals surface area contributed by atoms with Crippen LogP contribution in [0, 0.1) is 0 Å². The molecule has 190 valence electrons. The Hall–Kier alpha value is -4.44. The maximum Gasteiger partial charge on any atom is 0.434 e. The summed E-state index contributed by atoms with van der Waals surface area (Å²) in [5.41, 5.74) is 3.54. The number of benzene rings is 3. The van der Waals surface area contributed by atoms with Crippen molar-refractivity contribution in [1.29, 1.82) is 0 Å². The van der Waals surface area contributed by atoms with E-state index in [2.05, 4.69) is 15.3 Å². The summed E-state index contributed by atoms with van der Waals surface area (Å²) in [6.45, 7) is 0.184.